The van der Waals surface area contributed by atoms with Crippen LogP contribution in [0.5, 0.6) is 0 Å². The second-order valence-electron chi connectivity index (χ2n) is 5.61. The van der Waals surface area contributed by atoms with Crippen molar-refractivity contribution in [3.8, 4) is 0 Å². The number of nitrogens with zero attached hydrogens (tertiary/aromatic N) is 2. The third-order valence-electron chi connectivity index (χ3n) is 3.48. The fourth-order valence-electron chi connectivity index (χ4n) is 2.24. The molecule has 0 spiro atoms. The minimum absolute atomic E-state index is 0.0212. The third-order valence-corrected chi connectivity index (χ3v) is 3.48. The van der Waals surface area contributed by atoms with Gasteiger partial charge >= 0.3 is 0 Å². The summed E-state index contributed by atoms with van der Waals surface area (Å²) in [6.07, 6.45) is 1.50. The van der Waals surface area contributed by atoms with Crippen molar-refractivity contribution in [1.29, 1.82) is 0 Å². The fourth-order valence-corrected chi connectivity index (χ4v) is 2.24. The molecule has 0 aliphatic heterocycles. The van der Waals surface area contributed by atoms with Crippen molar-refractivity contribution < 1.29 is 4.79 Å². The number of hydrogen-bond donors (Lipinski definition) is 1. The van der Waals surface area contributed by atoms with Gasteiger partial charge in [0.1, 0.15) is 0 Å². The molecule has 118 valence electrons. The molecule has 0 saturated carbocycles. The predicted molar refractivity (Wildman–Crippen MR) is 85.6 cm³/mol. The molecule has 0 radical (unpaired) electrons. The van der Waals surface area contributed by atoms with Crippen molar-refractivity contribution in [3.05, 3.63) is 34.2 Å². The standard InChI is InChI=1S/C16H27N3O2/c1-5-18(6-2)9-10-19(12-13(3)4)16(21)14-7-8-15(20)17-11-14/h7-8,11,13H,5-6,9-10,12H2,1-4H3,(H,17,20). The van der Waals surface area contributed by atoms with E-state index in [-0.39, 0.29) is 11.5 Å². The van der Waals surface area contributed by atoms with Crippen LogP contribution in [-0.4, -0.2) is 53.4 Å². The second-order valence-corrected chi connectivity index (χ2v) is 5.61. The lowest BCUT2D eigenvalue weighted by molar-refractivity contribution is 0.0716. The van der Waals surface area contributed by atoms with Gasteiger partial charge in [0.15, 0.2) is 0 Å². The first kappa shape index (κ1) is 17.4. The molecule has 1 aromatic heterocycles. The molecule has 5 nitrogen and oxygen atoms in total. The number of carbonyl (C=O) groups is 1. The molecule has 1 N–H and O–H groups in total. The number of aromatic amines is 1. The lowest BCUT2D eigenvalue weighted by Crippen LogP contribution is -2.40. The first-order valence-electron chi connectivity index (χ1n) is 7.68. The summed E-state index contributed by atoms with van der Waals surface area (Å²) >= 11 is 0. The van der Waals surface area contributed by atoms with Crippen molar-refractivity contribution in [2.45, 2.75) is 27.7 Å². The van der Waals surface area contributed by atoms with Crippen LogP contribution in [0.3, 0.4) is 0 Å². The number of amides is 1. The predicted octanol–water partition coefficient (Wildman–Crippen LogP) is 1.81. The van der Waals surface area contributed by atoms with Crippen molar-refractivity contribution in [2.24, 2.45) is 5.92 Å². The molecule has 0 unspecified atom stereocenters. The van der Waals surface area contributed by atoms with Crippen molar-refractivity contribution in [3.63, 3.8) is 0 Å². The second kappa shape index (κ2) is 8.62. The van der Waals surface area contributed by atoms with Crippen LogP contribution in [0.2, 0.25) is 0 Å². The maximum Gasteiger partial charge on any atom is 0.255 e. The van der Waals surface area contributed by atoms with Crippen molar-refractivity contribution >= 4 is 5.91 Å². The van der Waals surface area contributed by atoms with Crippen molar-refractivity contribution in [2.75, 3.05) is 32.7 Å². The summed E-state index contributed by atoms with van der Waals surface area (Å²) in [5.74, 6) is 0.389. The summed E-state index contributed by atoms with van der Waals surface area (Å²) in [4.78, 5) is 30.4. The molecule has 21 heavy (non-hydrogen) atoms. The highest BCUT2D eigenvalue weighted by molar-refractivity contribution is 5.93. The van der Waals surface area contributed by atoms with Gasteiger partial charge in [-0.1, -0.05) is 27.7 Å². The number of nitrogens with one attached hydrogen (secondary N) is 1. The molecule has 0 aliphatic carbocycles. The largest absolute Gasteiger partial charge is 0.337 e. The van der Waals surface area contributed by atoms with Gasteiger partial charge < -0.3 is 14.8 Å². The molecule has 0 aliphatic rings. The maximum atomic E-state index is 12.6. The van der Waals surface area contributed by atoms with Crippen LogP contribution in [0.4, 0.5) is 0 Å². The summed E-state index contributed by atoms with van der Waals surface area (Å²) in [7, 11) is 0. The first-order valence-corrected chi connectivity index (χ1v) is 7.68. The Morgan fingerprint density at radius 3 is 2.33 bits per heavy atom. The molecule has 1 aromatic rings. The minimum Gasteiger partial charge on any atom is -0.337 e. The van der Waals surface area contributed by atoms with E-state index in [9.17, 15) is 9.59 Å². The van der Waals surface area contributed by atoms with Gasteiger partial charge in [-0.2, -0.15) is 0 Å². The zero-order valence-electron chi connectivity index (χ0n) is 13.6. The lowest BCUT2D eigenvalue weighted by atomic mass is 10.1. The van der Waals surface area contributed by atoms with Crippen LogP contribution >= 0.6 is 0 Å². The van der Waals surface area contributed by atoms with E-state index in [1.54, 1.807) is 6.07 Å². The van der Waals surface area contributed by atoms with Gasteiger partial charge in [-0.05, 0) is 25.1 Å². The van der Waals surface area contributed by atoms with Gasteiger partial charge in [-0.3, -0.25) is 9.59 Å². The van der Waals surface area contributed by atoms with Crippen LogP contribution in [-0.2, 0) is 0 Å². The molecular formula is C16H27N3O2. The Bertz CT molecular complexity index is 472. The number of H-pyrrole nitrogens is 1. The number of carbonyl (C=O) groups excluding carboxylic acids is 1. The average Bonchev–Trinajstić information content (AvgIpc) is 2.46. The molecule has 0 atom stereocenters. The zero-order chi connectivity index (χ0) is 15.8. The Labute approximate surface area is 127 Å². The zero-order valence-corrected chi connectivity index (χ0v) is 13.6. The van der Waals surface area contributed by atoms with E-state index in [2.05, 4.69) is 37.6 Å². The van der Waals surface area contributed by atoms with Gasteiger partial charge in [0.05, 0.1) is 5.56 Å². The number of pyridine rings is 1. The van der Waals surface area contributed by atoms with Crippen LogP contribution in [0, 0.1) is 5.92 Å². The SMILES string of the molecule is CCN(CC)CCN(CC(C)C)C(=O)c1ccc(=O)[nH]c1. The summed E-state index contributed by atoms with van der Waals surface area (Å²) in [6, 6.07) is 2.98. The highest BCUT2D eigenvalue weighted by Crippen LogP contribution is 2.06. The Hall–Kier alpha value is -1.62. The Balaban J connectivity index is 2.78. The smallest absolute Gasteiger partial charge is 0.255 e. The Morgan fingerprint density at radius 1 is 1.19 bits per heavy atom. The monoisotopic (exact) mass is 293 g/mol. The topological polar surface area (TPSA) is 56.4 Å². The Kier molecular flexibility index (Phi) is 7.15. The maximum absolute atomic E-state index is 12.6. The molecular weight excluding hydrogens is 266 g/mol. The molecule has 1 amide bonds. The summed E-state index contributed by atoms with van der Waals surface area (Å²) < 4.78 is 0. The first-order chi connectivity index (χ1) is 9.97. The quantitative estimate of drug-likeness (QED) is 0.795. The van der Waals surface area contributed by atoms with Crippen molar-refractivity contribution in [1.82, 2.24) is 14.8 Å². The molecule has 0 saturated heterocycles. The van der Waals surface area contributed by atoms with E-state index in [4.69, 9.17) is 0 Å². The van der Waals surface area contributed by atoms with E-state index in [1.165, 1.54) is 12.3 Å². The Morgan fingerprint density at radius 2 is 1.86 bits per heavy atom. The van der Waals surface area contributed by atoms with E-state index in [1.807, 2.05) is 4.90 Å². The highest BCUT2D eigenvalue weighted by Gasteiger charge is 2.17. The van der Waals surface area contributed by atoms with E-state index >= 15 is 0 Å². The van der Waals surface area contributed by atoms with Crippen LogP contribution in [0.15, 0.2) is 23.1 Å². The highest BCUT2D eigenvalue weighted by atomic mass is 16.2. The molecule has 0 aromatic carbocycles. The summed E-state index contributed by atoms with van der Waals surface area (Å²) in [6.45, 7) is 12.7. The molecule has 1 rings (SSSR count). The number of hydrogen-bond acceptors (Lipinski definition) is 3. The summed E-state index contributed by atoms with van der Waals surface area (Å²) in [5.41, 5.74) is 0.347. The third kappa shape index (κ3) is 5.71. The average molecular weight is 293 g/mol. The molecule has 5 heteroatoms. The van der Waals surface area contributed by atoms with Gasteiger partial charge in [0.2, 0.25) is 5.56 Å². The normalized spacial score (nSPS) is 11.1. The van der Waals surface area contributed by atoms with E-state index in [0.717, 1.165) is 26.2 Å². The van der Waals surface area contributed by atoms with E-state index in [0.29, 0.717) is 18.0 Å². The lowest BCUT2D eigenvalue weighted by Gasteiger charge is -2.28. The van der Waals surface area contributed by atoms with Gasteiger partial charge in [-0.25, -0.2) is 0 Å². The van der Waals surface area contributed by atoms with Crippen LogP contribution in [0.1, 0.15) is 38.1 Å². The number of likely N-dealkylation sites (N-methyl/N-ethyl adjacent to an activating group) is 1. The minimum atomic E-state index is -0.190. The van der Waals surface area contributed by atoms with Crippen LogP contribution < -0.4 is 5.56 Å². The van der Waals surface area contributed by atoms with Gasteiger partial charge in [0, 0.05) is 31.9 Å². The molecule has 0 fully saturated rings. The van der Waals surface area contributed by atoms with Gasteiger partial charge in [-0.15, -0.1) is 0 Å². The molecule has 0 bridgehead atoms. The summed E-state index contributed by atoms with van der Waals surface area (Å²) in [5, 5.41) is 0. The fraction of sp³-hybridized carbons (Fsp3) is 0.625. The number of aromatic nitrogens is 1. The molecule has 1 heterocycles. The van der Waals surface area contributed by atoms with E-state index < -0.39 is 0 Å². The van der Waals surface area contributed by atoms with Gasteiger partial charge in [0.25, 0.3) is 5.91 Å². The van der Waals surface area contributed by atoms with Crippen LogP contribution in [0.25, 0.3) is 0 Å². The number of rotatable bonds is 8.